The van der Waals surface area contributed by atoms with Crippen molar-refractivity contribution in [3.05, 3.63) is 30.3 Å². The SMILES string of the molecule is CCCCCCCCC(=O)NCCCCCC([O])=O.O=S(=O)(O)c1ccccc1. The van der Waals surface area contributed by atoms with Gasteiger partial charge in [0.05, 0.1) is 11.3 Å². The molecule has 1 aromatic carbocycles. The molecule has 0 aliphatic rings. The number of nitrogens with one attached hydrogen (secondary N) is 1. The van der Waals surface area contributed by atoms with E-state index in [0.717, 1.165) is 25.7 Å². The molecule has 0 saturated heterocycles. The zero-order valence-corrected chi connectivity index (χ0v) is 18.1. The number of rotatable bonds is 14. The second-order valence-corrected chi connectivity index (χ2v) is 8.26. The van der Waals surface area contributed by atoms with E-state index in [2.05, 4.69) is 12.2 Å². The van der Waals surface area contributed by atoms with Crippen molar-refractivity contribution in [1.82, 2.24) is 5.32 Å². The van der Waals surface area contributed by atoms with Gasteiger partial charge in [0.25, 0.3) is 10.1 Å². The molecule has 0 aliphatic carbocycles. The van der Waals surface area contributed by atoms with E-state index in [4.69, 9.17) is 4.55 Å². The molecule has 0 aliphatic heterocycles. The fourth-order valence-electron chi connectivity index (χ4n) is 2.55. The van der Waals surface area contributed by atoms with Crippen LogP contribution in [0, 0.1) is 0 Å². The van der Waals surface area contributed by atoms with Crippen LogP contribution in [0.5, 0.6) is 0 Å². The highest BCUT2D eigenvalue weighted by Gasteiger charge is 2.05. The van der Waals surface area contributed by atoms with Gasteiger partial charge in [0, 0.05) is 13.0 Å². The van der Waals surface area contributed by atoms with Crippen molar-refractivity contribution in [2.75, 3.05) is 6.54 Å². The summed E-state index contributed by atoms with van der Waals surface area (Å²) in [7, 11) is -4.00. The second kappa shape index (κ2) is 17.0. The van der Waals surface area contributed by atoms with Gasteiger partial charge < -0.3 is 5.32 Å². The van der Waals surface area contributed by atoms with E-state index in [1.165, 1.54) is 37.8 Å². The average Bonchev–Trinajstić information content (AvgIpc) is 2.67. The van der Waals surface area contributed by atoms with Crippen LogP contribution in [-0.2, 0) is 24.8 Å². The van der Waals surface area contributed by atoms with Gasteiger partial charge in [-0.1, -0.05) is 63.6 Å². The number of benzene rings is 1. The number of unbranched alkanes of at least 4 members (excludes halogenated alkanes) is 7. The first-order valence-corrected chi connectivity index (χ1v) is 11.7. The molecule has 0 spiro atoms. The lowest BCUT2D eigenvalue weighted by atomic mass is 10.1. The molecule has 8 heteroatoms. The molecule has 2 N–H and O–H groups in total. The van der Waals surface area contributed by atoms with Crippen molar-refractivity contribution in [2.24, 2.45) is 0 Å². The van der Waals surface area contributed by atoms with Gasteiger partial charge in [-0.3, -0.25) is 9.35 Å². The molecule has 1 radical (unpaired) electrons. The lowest BCUT2D eigenvalue weighted by Gasteiger charge is -2.04. The average molecular weight is 429 g/mol. The Morgan fingerprint density at radius 2 is 1.41 bits per heavy atom. The fourth-order valence-corrected chi connectivity index (χ4v) is 3.05. The van der Waals surface area contributed by atoms with Crippen molar-refractivity contribution in [3.8, 4) is 0 Å². The number of amides is 1. The molecule has 0 atom stereocenters. The van der Waals surface area contributed by atoms with Crippen molar-refractivity contribution in [3.63, 3.8) is 0 Å². The van der Waals surface area contributed by atoms with Gasteiger partial charge in [0.15, 0.2) is 0 Å². The minimum absolute atomic E-state index is 0.0741. The predicted octanol–water partition coefficient (Wildman–Crippen LogP) is 4.30. The molecule has 29 heavy (non-hydrogen) atoms. The largest absolute Gasteiger partial charge is 0.356 e. The number of hydrogen-bond donors (Lipinski definition) is 2. The standard InChI is InChI=1S/C15H28NO3.C6H6O3S/c1-2-3-4-5-6-8-11-14(17)16-13-10-7-9-12-15(18)19;7-10(8,9)6-4-2-1-3-5-6/h2-13H2,1H3,(H,16,17);1-5H,(H,7,8,9). The maximum atomic E-state index is 11.5. The Labute approximate surface area is 174 Å². The normalized spacial score (nSPS) is 10.7. The van der Waals surface area contributed by atoms with E-state index in [9.17, 15) is 23.1 Å². The first kappa shape index (κ1) is 27.1. The van der Waals surface area contributed by atoms with Crippen molar-refractivity contribution in [2.45, 2.75) is 82.4 Å². The van der Waals surface area contributed by atoms with Crippen LogP contribution in [0.3, 0.4) is 0 Å². The monoisotopic (exact) mass is 428 g/mol. The Morgan fingerprint density at radius 3 is 1.97 bits per heavy atom. The summed E-state index contributed by atoms with van der Waals surface area (Å²) in [5, 5.41) is 13.0. The second-order valence-electron chi connectivity index (χ2n) is 6.84. The fraction of sp³-hybridized carbons (Fsp3) is 0.619. The van der Waals surface area contributed by atoms with Crippen LogP contribution in [0.15, 0.2) is 35.2 Å². The van der Waals surface area contributed by atoms with E-state index < -0.39 is 16.1 Å². The van der Waals surface area contributed by atoms with Crippen molar-refractivity contribution >= 4 is 22.0 Å². The molecule has 1 rings (SSSR count). The lowest BCUT2D eigenvalue weighted by Crippen LogP contribution is -2.23. The van der Waals surface area contributed by atoms with Crippen LogP contribution >= 0.6 is 0 Å². The Bertz CT molecular complexity index is 661. The Balaban J connectivity index is 0.000000651. The van der Waals surface area contributed by atoms with E-state index in [1.807, 2.05) is 0 Å². The molecule has 7 nitrogen and oxygen atoms in total. The van der Waals surface area contributed by atoms with E-state index in [-0.39, 0.29) is 17.2 Å². The molecule has 165 valence electrons. The molecule has 0 bridgehead atoms. The van der Waals surface area contributed by atoms with Gasteiger partial charge in [-0.25, -0.2) is 9.90 Å². The summed E-state index contributed by atoms with van der Waals surface area (Å²) in [5.74, 6) is -0.873. The molecule has 0 aromatic heterocycles. The Kier molecular flexibility index (Phi) is 15.8. The topological polar surface area (TPSA) is 120 Å². The lowest BCUT2D eigenvalue weighted by molar-refractivity contribution is -0.143. The van der Waals surface area contributed by atoms with Gasteiger partial charge in [0.2, 0.25) is 5.91 Å². The zero-order chi connectivity index (χ0) is 22.0. The zero-order valence-electron chi connectivity index (χ0n) is 17.3. The molecule has 0 unspecified atom stereocenters. The van der Waals surface area contributed by atoms with Gasteiger partial charge in [-0.05, 0) is 31.4 Å². The van der Waals surface area contributed by atoms with Crippen LogP contribution in [0.2, 0.25) is 0 Å². The minimum atomic E-state index is -4.00. The molecule has 0 heterocycles. The van der Waals surface area contributed by atoms with Crippen LogP contribution in [-0.4, -0.2) is 31.4 Å². The van der Waals surface area contributed by atoms with E-state index in [0.29, 0.717) is 19.4 Å². The minimum Gasteiger partial charge on any atom is -0.356 e. The third-order valence-electron chi connectivity index (χ3n) is 4.18. The third-order valence-corrected chi connectivity index (χ3v) is 5.05. The summed E-state index contributed by atoms with van der Waals surface area (Å²) in [5.41, 5.74) is 0. The highest BCUT2D eigenvalue weighted by atomic mass is 32.2. The summed E-state index contributed by atoms with van der Waals surface area (Å²) >= 11 is 0. The number of hydrogen-bond acceptors (Lipinski definition) is 4. The van der Waals surface area contributed by atoms with Crippen LogP contribution in [0.25, 0.3) is 0 Å². The summed E-state index contributed by atoms with van der Waals surface area (Å²) in [6.07, 6.45) is 10.2. The smallest absolute Gasteiger partial charge is 0.355 e. The quantitative estimate of drug-likeness (QED) is 0.338. The maximum Gasteiger partial charge on any atom is 0.355 e. The first-order valence-electron chi connectivity index (χ1n) is 10.3. The highest BCUT2D eigenvalue weighted by molar-refractivity contribution is 7.85. The van der Waals surface area contributed by atoms with Gasteiger partial charge in [-0.2, -0.15) is 8.42 Å². The van der Waals surface area contributed by atoms with Crippen LogP contribution < -0.4 is 5.32 Å². The van der Waals surface area contributed by atoms with Gasteiger partial charge >= 0.3 is 5.97 Å². The number of carbonyl (C=O) groups excluding carboxylic acids is 2. The summed E-state index contributed by atoms with van der Waals surface area (Å²) < 4.78 is 29.2. The molecule has 0 fully saturated rings. The molecule has 1 aromatic rings. The third kappa shape index (κ3) is 17.9. The first-order chi connectivity index (χ1) is 13.8. The summed E-state index contributed by atoms with van der Waals surface area (Å²) in [6.45, 7) is 2.85. The van der Waals surface area contributed by atoms with Crippen LogP contribution in [0.4, 0.5) is 0 Å². The van der Waals surface area contributed by atoms with E-state index in [1.54, 1.807) is 18.2 Å². The van der Waals surface area contributed by atoms with E-state index >= 15 is 0 Å². The Morgan fingerprint density at radius 1 is 0.862 bits per heavy atom. The predicted molar refractivity (Wildman–Crippen MR) is 111 cm³/mol. The molecular weight excluding hydrogens is 394 g/mol. The highest BCUT2D eigenvalue weighted by Crippen LogP contribution is 2.07. The molecule has 1 amide bonds. The van der Waals surface area contributed by atoms with Crippen molar-refractivity contribution < 1.29 is 27.7 Å². The van der Waals surface area contributed by atoms with Crippen LogP contribution in [0.1, 0.15) is 77.6 Å². The summed E-state index contributed by atoms with van der Waals surface area (Å²) in [6, 6.07) is 7.42. The molecule has 0 saturated carbocycles. The Hall–Kier alpha value is -1.93. The number of carbonyl (C=O) groups is 2. The van der Waals surface area contributed by atoms with Crippen molar-refractivity contribution in [1.29, 1.82) is 0 Å². The van der Waals surface area contributed by atoms with Gasteiger partial charge in [-0.15, -0.1) is 0 Å². The van der Waals surface area contributed by atoms with Gasteiger partial charge in [0.1, 0.15) is 0 Å². The maximum absolute atomic E-state index is 11.5. The molecular formula is C21H34NO6S. The summed E-state index contributed by atoms with van der Waals surface area (Å²) in [4.78, 5) is 21.6.